The summed E-state index contributed by atoms with van der Waals surface area (Å²) in [6.45, 7) is 0.270. The van der Waals surface area contributed by atoms with E-state index in [9.17, 15) is 10.1 Å². The van der Waals surface area contributed by atoms with E-state index < -0.39 is 0 Å². The second kappa shape index (κ2) is 6.47. The van der Waals surface area contributed by atoms with Crippen LogP contribution in [0.15, 0.2) is 64.0 Å². The minimum absolute atomic E-state index is 0.0742. The third-order valence-corrected chi connectivity index (χ3v) is 4.23. The van der Waals surface area contributed by atoms with Gasteiger partial charge < -0.3 is 9.09 Å². The van der Waals surface area contributed by atoms with Crippen LogP contribution < -0.4 is 5.43 Å². The Labute approximate surface area is 152 Å². The molecule has 26 heavy (non-hydrogen) atoms. The Kier molecular flexibility index (Phi) is 3.99. The predicted octanol–water partition coefficient (Wildman–Crippen LogP) is 3.62. The molecular formula is C19H11ClN4O2. The van der Waals surface area contributed by atoms with E-state index in [1.165, 1.54) is 6.20 Å². The number of hydrogen-bond donors (Lipinski definition) is 0. The van der Waals surface area contributed by atoms with Crippen molar-refractivity contribution in [2.24, 2.45) is 0 Å². The summed E-state index contributed by atoms with van der Waals surface area (Å²) >= 11 is 5.89. The Morgan fingerprint density at radius 2 is 1.92 bits per heavy atom. The van der Waals surface area contributed by atoms with Crippen LogP contribution in [0.2, 0.25) is 5.02 Å². The van der Waals surface area contributed by atoms with Crippen LogP contribution in [0.4, 0.5) is 0 Å². The summed E-state index contributed by atoms with van der Waals surface area (Å²) in [7, 11) is 0. The van der Waals surface area contributed by atoms with Gasteiger partial charge in [0.2, 0.25) is 5.43 Å². The summed E-state index contributed by atoms with van der Waals surface area (Å²) in [4.78, 5) is 16.7. The predicted molar refractivity (Wildman–Crippen MR) is 96.8 cm³/mol. The molecule has 0 aliphatic carbocycles. The fourth-order valence-corrected chi connectivity index (χ4v) is 2.86. The molecule has 7 heteroatoms. The van der Waals surface area contributed by atoms with Crippen molar-refractivity contribution in [2.45, 2.75) is 6.54 Å². The lowest BCUT2D eigenvalue weighted by Crippen LogP contribution is -2.13. The lowest BCUT2D eigenvalue weighted by molar-refractivity contribution is 0.421. The first-order valence-electron chi connectivity index (χ1n) is 7.76. The van der Waals surface area contributed by atoms with E-state index in [4.69, 9.17) is 16.1 Å². The van der Waals surface area contributed by atoms with Crippen molar-refractivity contribution >= 4 is 22.5 Å². The van der Waals surface area contributed by atoms with Gasteiger partial charge in [0.25, 0.3) is 5.89 Å². The van der Waals surface area contributed by atoms with Crippen LogP contribution >= 0.6 is 11.6 Å². The average Bonchev–Trinajstić information content (AvgIpc) is 3.13. The zero-order valence-corrected chi connectivity index (χ0v) is 14.1. The molecule has 0 saturated carbocycles. The van der Waals surface area contributed by atoms with Crippen LogP contribution in [0.25, 0.3) is 22.4 Å². The first kappa shape index (κ1) is 16.1. The molecule has 0 amide bonds. The lowest BCUT2D eigenvalue weighted by atomic mass is 10.1. The monoisotopic (exact) mass is 362 g/mol. The summed E-state index contributed by atoms with van der Waals surface area (Å²) in [6, 6.07) is 16.1. The highest BCUT2D eigenvalue weighted by Gasteiger charge is 2.13. The fourth-order valence-electron chi connectivity index (χ4n) is 2.74. The van der Waals surface area contributed by atoms with Crippen LogP contribution in [-0.2, 0) is 6.54 Å². The molecule has 0 saturated heterocycles. The van der Waals surface area contributed by atoms with E-state index in [1.807, 2.05) is 18.2 Å². The number of nitriles is 1. The van der Waals surface area contributed by atoms with E-state index >= 15 is 0 Å². The van der Waals surface area contributed by atoms with E-state index in [-0.39, 0.29) is 17.5 Å². The molecule has 126 valence electrons. The number of nitrogens with zero attached hydrogens (tertiary/aromatic N) is 4. The Morgan fingerprint density at radius 1 is 1.15 bits per heavy atom. The van der Waals surface area contributed by atoms with Crippen molar-refractivity contribution in [3.05, 3.63) is 81.4 Å². The molecule has 0 N–H and O–H groups in total. The highest BCUT2D eigenvalue weighted by Crippen LogP contribution is 2.20. The van der Waals surface area contributed by atoms with Gasteiger partial charge in [0.15, 0.2) is 5.82 Å². The molecule has 0 bridgehead atoms. The Balaban J connectivity index is 1.74. The minimum Gasteiger partial charge on any atom is -0.338 e. The zero-order chi connectivity index (χ0) is 18.1. The maximum Gasteiger partial charge on any atom is 0.257 e. The molecule has 2 aromatic heterocycles. The van der Waals surface area contributed by atoms with Crippen molar-refractivity contribution in [3.8, 4) is 17.5 Å². The van der Waals surface area contributed by atoms with Gasteiger partial charge in [-0.05, 0) is 36.4 Å². The van der Waals surface area contributed by atoms with Crippen LogP contribution in [-0.4, -0.2) is 14.7 Å². The number of benzene rings is 2. The first-order valence-corrected chi connectivity index (χ1v) is 8.14. The number of para-hydroxylation sites is 1. The molecule has 0 aliphatic rings. The third-order valence-electron chi connectivity index (χ3n) is 3.98. The maximum atomic E-state index is 12.3. The van der Waals surface area contributed by atoms with E-state index in [2.05, 4.69) is 10.1 Å². The second-order valence-electron chi connectivity index (χ2n) is 5.65. The smallest absolute Gasteiger partial charge is 0.257 e. The third kappa shape index (κ3) is 2.85. The van der Waals surface area contributed by atoms with Crippen molar-refractivity contribution < 1.29 is 4.52 Å². The number of fused-ring (bicyclic) bond motifs is 1. The highest BCUT2D eigenvalue weighted by molar-refractivity contribution is 6.30. The van der Waals surface area contributed by atoms with Crippen LogP contribution in [0.5, 0.6) is 0 Å². The van der Waals surface area contributed by atoms with Gasteiger partial charge in [-0.2, -0.15) is 10.2 Å². The number of halogens is 1. The molecule has 4 aromatic rings. The highest BCUT2D eigenvalue weighted by atomic mass is 35.5. The molecule has 0 aliphatic heterocycles. The maximum absolute atomic E-state index is 12.3. The van der Waals surface area contributed by atoms with Crippen LogP contribution in [0.3, 0.4) is 0 Å². The number of rotatable bonds is 3. The standard InChI is InChI=1S/C19H11ClN4O2/c20-14-7-5-12(6-8-14)19-22-17(23-26-19)11-24-10-13(9-21)18(25)15-3-1-2-4-16(15)24/h1-8,10H,11H2. The van der Waals surface area contributed by atoms with Crippen molar-refractivity contribution in [2.75, 3.05) is 0 Å². The summed E-state index contributed by atoms with van der Waals surface area (Å²) < 4.78 is 7.08. The second-order valence-corrected chi connectivity index (χ2v) is 6.09. The quantitative estimate of drug-likeness (QED) is 0.555. The molecule has 2 aromatic carbocycles. The number of hydrogen-bond acceptors (Lipinski definition) is 5. The molecule has 4 rings (SSSR count). The largest absolute Gasteiger partial charge is 0.338 e. The molecule has 0 spiro atoms. The topological polar surface area (TPSA) is 84.7 Å². The van der Waals surface area contributed by atoms with E-state index in [0.717, 1.165) is 5.56 Å². The van der Waals surface area contributed by atoms with Crippen molar-refractivity contribution in [1.82, 2.24) is 14.7 Å². The molecule has 6 nitrogen and oxygen atoms in total. The van der Waals surface area contributed by atoms with Crippen molar-refractivity contribution in [3.63, 3.8) is 0 Å². The number of aromatic nitrogens is 3. The van der Waals surface area contributed by atoms with Gasteiger partial charge in [0.05, 0.1) is 12.1 Å². The van der Waals surface area contributed by atoms with E-state index in [1.54, 1.807) is 41.0 Å². The Hall–Kier alpha value is -3.43. The van der Waals surface area contributed by atoms with E-state index in [0.29, 0.717) is 27.6 Å². The van der Waals surface area contributed by atoms with Gasteiger partial charge in [-0.3, -0.25) is 4.79 Å². The van der Waals surface area contributed by atoms with Gasteiger partial charge in [-0.25, -0.2) is 0 Å². The molecule has 2 heterocycles. The van der Waals surface area contributed by atoms with Crippen LogP contribution in [0, 0.1) is 11.3 Å². The molecule has 0 unspecified atom stereocenters. The summed E-state index contributed by atoms with van der Waals surface area (Å²) in [6.07, 6.45) is 1.52. The molecule has 0 radical (unpaired) electrons. The summed E-state index contributed by atoms with van der Waals surface area (Å²) in [5, 5.41) is 14.3. The molecule has 0 fully saturated rings. The Morgan fingerprint density at radius 3 is 2.69 bits per heavy atom. The Bertz CT molecular complexity index is 1200. The first-order chi connectivity index (χ1) is 12.7. The van der Waals surface area contributed by atoms with Crippen LogP contribution in [0.1, 0.15) is 11.4 Å². The van der Waals surface area contributed by atoms with Gasteiger partial charge in [0.1, 0.15) is 11.6 Å². The number of pyridine rings is 1. The fraction of sp³-hybridized carbons (Fsp3) is 0.0526. The lowest BCUT2D eigenvalue weighted by Gasteiger charge is -2.09. The minimum atomic E-state index is -0.283. The van der Waals surface area contributed by atoms with Crippen molar-refractivity contribution in [1.29, 1.82) is 5.26 Å². The molecular weight excluding hydrogens is 352 g/mol. The summed E-state index contributed by atoms with van der Waals surface area (Å²) in [5.41, 5.74) is 1.25. The van der Waals surface area contributed by atoms with Gasteiger partial charge in [-0.1, -0.05) is 28.9 Å². The molecule has 0 atom stereocenters. The average molecular weight is 363 g/mol. The summed E-state index contributed by atoms with van der Waals surface area (Å²) in [5.74, 6) is 0.815. The van der Waals surface area contributed by atoms with Gasteiger partial charge in [-0.15, -0.1) is 0 Å². The van der Waals surface area contributed by atoms with Gasteiger partial charge >= 0.3 is 0 Å². The SMILES string of the molecule is N#Cc1cn(Cc2noc(-c3ccc(Cl)cc3)n2)c2ccccc2c1=O. The zero-order valence-electron chi connectivity index (χ0n) is 13.4. The van der Waals surface area contributed by atoms with Gasteiger partial charge in [0, 0.05) is 22.2 Å². The normalized spacial score (nSPS) is 10.8.